The van der Waals surface area contributed by atoms with E-state index in [2.05, 4.69) is 20.5 Å². The van der Waals surface area contributed by atoms with E-state index in [1.165, 1.54) is 11.3 Å². The van der Waals surface area contributed by atoms with Gasteiger partial charge in [0.05, 0.1) is 27.1 Å². The van der Waals surface area contributed by atoms with Crippen molar-refractivity contribution in [2.75, 3.05) is 5.43 Å². The molecule has 1 aromatic carbocycles. The summed E-state index contributed by atoms with van der Waals surface area (Å²) in [5, 5.41) is 6.11. The highest BCUT2D eigenvalue weighted by atomic mass is 35.5. The van der Waals surface area contributed by atoms with Gasteiger partial charge < -0.3 is 0 Å². The minimum absolute atomic E-state index is 0.514. The number of aryl methyl sites for hydroxylation is 1. The third kappa shape index (κ3) is 3.75. The lowest BCUT2D eigenvalue weighted by Gasteiger charge is -2.01. The molecule has 0 saturated carbocycles. The van der Waals surface area contributed by atoms with Gasteiger partial charge in [-0.05, 0) is 38.1 Å². The first-order valence-corrected chi connectivity index (χ1v) is 8.76. The molecule has 0 radical (unpaired) electrons. The third-order valence-electron chi connectivity index (χ3n) is 3.34. The van der Waals surface area contributed by atoms with E-state index < -0.39 is 0 Å². The molecule has 4 nitrogen and oxygen atoms in total. The zero-order chi connectivity index (χ0) is 17.1. The smallest absolute Gasteiger partial charge is 0.204 e. The van der Waals surface area contributed by atoms with Gasteiger partial charge in [-0.2, -0.15) is 5.10 Å². The molecule has 0 atom stereocenters. The lowest BCUT2D eigenvalue weighted by Crippen LogP contribution is -2.01. The fourth-order valence-corrected chi connectivity index (χ4v) is 3.20. The molecule has 24 heavy (non-hydrogen) atoms. The second-order valence-electron chi connectivity index (χ2n) is 5.08. The molecule has 0 aliphatic heterocycles. The second-order valence-corrected chi connectivity index (χ2v) is 7.09. The van der Waals surface area contributed by atoms with Crippen molar-refractivity contribution in [2.24, 2.45) is 5.10 Å². The summed E-state index contributed by atoms with van der Waals surface area (Å²) < 4.78 is 0. The first-order chi connectivity index (χ1) is 11.5. The molecule has 1 N–H and O–H groups in total. The predicted octanol–water partition coefficient (Wildman–Crippen LogP) is 5.66. The van der Waals surface area contributed by atoms with E-state index in [-0.39, 0.29) is 0 Å². The van der Waals surface area contributed by atoms with Crippen LogP contribution in [-0.2, 0) is 0 Å². The van der Waals surface area contributed by atoms with Gasteiger partial charge in [-0.1, -0.05) is 35.3 Å². The van der Waals surface area contributed by atoms with E-state index in [4.69, 9.17) is 23.2 Å². The topological polar surface area (TPSA) is 50.2 Å². The highest BCUT2D eigenvalue weighted by Crippen LogP contribution is 2.33. The van der Waals surface area contributed by atoms with Crippen LogP contribution in [0.15, 0.2) is 47.7 Å². The number of nitrogens with zero attached hydrogens (tertiary/aromatic N) is 3. The van der Waals surface area contributed by atoms with Crippen LogP contribution in [0.3, 0.4) is 0 Å². The maximum atomic E-state index is 6.09. The number of hydrogen-bond acceptors (Lipinski definition) is 5. The van der Waals surface area contributed by atoms with Crippen molar-refractivity contribution >= 4 is 45.4 Å². The molecule has 0 aliphatic rings. The third-order valence-corrected chi connectivity index (χ3v) is 4.96. The number of pyridine rings is 1. The van der Waals surface area contributed by atoms with Gasteiger partial charge in [0.25, 0.3) is 0 Å². The van der Waals surface area contributed by atoms with Gasteiger partial charge in [0.2, 0.25) is 5.13 Å². The lowest BCUT2D eigenvalue weighted by molar-refractivity contribution is 1.23. The van der Waals surface area contributed by atoms with E-state index in [1.54, 1.807) is 12.3 Å². The summed E-state index contributed by atoms with van der Waals surface area (Å²) >= 11 is 13.6. The van der Waals surface area contributed by atoms with Crippen molar-refractivity contribution < 1.29 is 0 Å². The number of thiazole rings is 1. The number of nitrogens with one attached hydrogen (secondary N) is 1. The summed E-state index contributed by atoms with van der Waals surface area (Å²) in [4.78, 5) is 9.93. The highest BCUT2D eigenvalue weighted by Gasteiger charge is 2.11. The molecule has 122 valence electrons. The summed E-state index contributed by atoms with van der Waals surface area (Å²) in [6.07, 6.45) is 1.74. The Morgan fingerprint density at radius 1 is 1.17 bits per heavy atom. The van der Waals surface area contributed by atoms with E-state index in [9.17, 15) is 0 Å². The standard InChI is InChI=1S/C17H14Cl2N4S/c1-10(15-5-3-4-8-20-15)22-23-17-21-16(11(2)24-17)12-6-7-13(18)14(19)9-12/h3-9H,1-2H3,(H,21,23)/b22-10+. The molecule has 0 unspecified atom stereocenters. The normalized spacial score (nSPS) is 11.6. The zero-order valence-electron chi connectivity index (χ0n) is 13.0. The van der Waals surface area contributed by atoms with Gasteiger partial charge in [0.15, 0.2) is 0 Å². The summed E-state index contributed by atoms with van der Waals surface area (Å²) in [7, 11) is 0. The van der Waals surface area contributed by atoms with E-state index >= 15 is 0 Å². The first-order valence-electron chi connectivity index (χ1n) is 7.19. The second kappa shape index (κ2) is 7.30. The van der Waals surface area contributed by atoms with Crippen molar-refractivity contribution in [2.45, 2.75) is 13.8 Å². The van der Waals surface area contributed by atoms with E-state index in [1.807, 2.05) is 44.2 Å². The number of halogens is 2. The minimum Gasteiger partial charge on any atom is -0.255 e. The van der Waals surface area contributed by atoms with Crippen LogP contribution >= 0.6 is 34.5 Å². The molecule has 3 aromatic rings. The Bertz CT molecular complexity index is 891. The monoisotopic (exact) mass is 376 g/mol. The summed E-state index contributed by atoms with van der Waals surface area (Å²) in [5.41, 5.74) is 6.40. The van der Waals surface area contributed by atoms with Crippen molar-refractivity contribution in [1.29, 1.82) is 0 Å². The molecule has 2 heterocycles. The van der Waals surface area contributed by atoms with Crippen LogP contribution in [0, 0.1) is 6.92 Å². The van der Waals surface area contributed by atoms with Gasteiger partial charge in [0.1, 0.15) is 0 Å². The Balaban J connectivity index is 1.83. The van der Waals surface area contributed by atoms with Gasteiger partial charge in [-0.15, -0.1) is 11.3 Å². The Morgan fingerprint density at radius 2 is 2.00 bits per heavy atom. The molecule has 0 fully saturated rings. The van der Waals surface area contributed by atoms with Gasteiger partial charge >= 0.3 is 0 Å². The Kier molecular flexibility index (Phi) is 5.14. The summed E-state index contributed by atoms with van der Waals surface area (Å²) in [6, 6.07) is 11.2. The molecule has 7 heteroatoms. The summed E-state index contributed by atoms with van der Waals surface area (Å²) in [6.45, 7) is 3.91. The molecule has 0 aliphatic carbocycles. The van der Waals surface area contributed by atoms with Crippen LogP contribution in [0.2, 0.25) is 10.0 Å². The largest absolute Gasteiger partial charge is 0.255 e. The maximum absolute atomic E-state index is 6.09. The molecule has 3 rings (SSSR count). The molecule has 0 bridgehead atoms. The number of hydrazone groups is 1. The number of aromatic nitrogens is 2. The highest BCUT2D eigenvalue weighted by molar-refractivity contribution is 7.16. The van der Waals surface area contributed by atoms with Crippen molar-refractivity contribution in [3.05, 3.63) is 63.2 Å². The zero-order valence-corrected chi connectivity index (χ0v) is 15.4. The number of anilines is 1. The fraction of sp³-hybridized carbons (Fsp3) is 0.118. The van der Waals surface area contributed by atoms with E-state index in [0.29, 0.717) is 15.2 Å². The van der Waals surface area contributed by atoms with Crippen molar-refractivity contribution in [3.63, 3.8) is 0 Å². The van der Waals surface area contributed by atoms with Crippen LogP contribution in [0.5, 0.6) is 0 Å². The Hall–Kier alpha value is -1.95. The molecular weight excluding hydrogens is 363 g/mol. The molecule has 0 saturated heterocycles. The van der Waals surface area contributed by atoms with Crippen LogP contribution in [-0.4, -0.2) is 15.7 Å². The Morgan fingerprint density at radius 3 is 2.71 bits per heavy atom. The quantitative estimate of drug-likeness (QED) is 0.472. The summed E-state index contributed by atoms with van der Waals surface area (Å²) in [5.74, 6) is 0. The van der Waals surface area contributed by atoms with Gasteiger partial charge in [-0.3, -0.25) is 10.4 Å². The van der Waals surface area contributed by atoms with Crippen LogP contribution in [0.25, 0.3) is 11.3 Å². The Labute approximate surface area is 154 Å². The predicted molar refractivity (Wildman–Crippen MR) is 102 cm³/mol. The van der Waals surface area contributed by atoms with Crippen LogP contribution in [0.4, 0.5) is 5.13 Å². The minimum atomic E-state index is 0.514. The fourth-order valence-electron chi connectivity index (χ4n) is 2.12. The molecule has 0 amide bonds. The first kappa shape index (κ1) is 16.9. The number of benzene rings is 1. The maximum Gasteiger partial charge on any atom is 0.204 e. The van der Waals surface area contributed by atoms with Crippen LogP contribution < -0.4 is 5.43 Å². The lowest BCUT2D eigenvalue weighted by atomic mass is 10.1. The van der Waals surface area contributed by atoms with Crippen molar-refractivity contribution in [1.82, 2.24) is 9.97 Å². The average molecular weight is 377 g/mol. The molecule has 0 spiro atoms. The van der Waals surface area contributed by atoms with Gasteiger partial charge in [-0.25, -0.2) is 4.98 Å². The average Bonchev–Trinajstić information content (AvgIpc) is 2.97. The molecular formula is C17H14Cl2N4S. The van der Waals surface area contributed by atoms with E-state index in [0.717, 1.165) is 27.5 Å². The van der Waals surface area contributed by atoms with Crippen LogP contribution in [0.1, 0.15) is 17.5 Å². The SMILES string of the molecule is C/C(=N\Nc1nc(-c2ccc(Cl)c(Cl)c2)c(C)s1)c1ccccn1. The van der Waals surface area contributed by atoms with Crippen molar-refractivity contribution in [3.8, 4) is 11.3 Å². The molecule has 2 aromatic heterocycles. The number of hydrogen-bond donors (Lipinski definition) is 1. The van der Waals surface area contributed by atoms with Gasteiger partial charge in [0, 0.05) is 16.6 Å². The number of rotatable bonds is 4.